The Bertz CT molecular complexity index is 967. The van der Waals surface area contributed by atoms with Crippen molar-refractivity contribution in [2.45, 2.75) is 6.18 Å². The van der Waals surface area contributed by atoms with Crippen molar-refractivity contribution in [1.29, 1.82) is 0 Å². The minimum Gasteiger partial charge on any atom is -0.415 e. The van der Waals surface area contributed by atoms with Crippen molar-refractivity contribution in [2.24, 2.45) is 0 Å². The van der Waals surface area contributed by atoms with Gasteiger partial charge >= 0.3 is 6.18 Å². The number of fused-ring (bicyclic) bond motifs is 1. The maximum Gasteiger partial charge on any atom is 0.416 e. The van der Waals surface area contributed by atoms with Crippen LogP contribution in [-0.2, 0) is 6.18 Å². The summed E-state index contributed by atoms with van der Waals surface area (Å²) in [6.07, 6.45) is -4.37. The minimum absolute atomic E-state index is 0.164. The number of alkyl halides is 3. The van der Waals surface area contributed by atoms with Crippen molar-refractivity contribution in [3.63, 3.8) is 0 Å². The lowest BCUT2D eigenvalue weighted by Crippen LogP contribution is -2.03. The van der Waals surface area contributed by atoms with Crippen LogP contribution < -0.4 is 0 Å². The number of aromatic nitrogens is 3. The molecule has 0 aliphatic carbocycles. The Labute approximate surface area is 134 Å². The molecule has 0 saturated carbocycles. The van der Waals surface area contributed by atoms with Crippen molar-refractivity contribution in [3.05, 3.63) is 60.2 Å². The van der Waals surface area contributed by atoms with Crippen LogP contribution in [0.5, 0.6) is 0 Å². The molecule has 2 aromatic heterocycles. The zero-order valence-corrected chi connectivity index (χ0v) is 12.1. The molecule has 0 aliphatic rings. The maximum atomic E-state index is 12.6. The summed E-state index contributed by atoms with van der Waals surface area (Å²) in [7, 11) is 0. The van der Waals surface area contributed by atoms with Gasteiger partial charge in [0.15, 0.2) is 0 Å². The van der Waals surface area contributed by atoms with Gasteiger partial charge < -0.3 is 9.40 Å². The lowest BCUT2D eigenvalue weighted by atomic mass is 10.1. The number of H-pyrrole nitrogens is 1. The second-order valence-electron chi connectivity index (χ2n) is 5.26. The Hall–Kier alpha value is -3.09. The van der Waals surface area contributed by atoms with Gasteiger partial charge in [-0.25, -0.2) is 0 Å². The van der Waals surface area contributed by atoms with Gasteiger partial charge in [-0.3, -0.25) is 0 Å². The van der Waals surface area contributed by atoms with Gasteiger partial charge in [0, 0.05) is 16.5 Å². The Morgan fingerprint density at radius 1 is 0.875 bits per heavy atom. The number of hydrogen-bond donors (Lipinski definition) is 1. The van der Waals surface area contributed by atoms with Crippen molar-refractivity contribution >= 4 is 10.9 Å². The van der Waals surface area contributed by atoms with E-state index >= 15 is 0 Å². The number of benzene rings is 2. The molecule has 4 aromatic rings. The molecule has 0 bridgehead atoms. The zero-order chi connectivity index (χ0) is 16.7. The molecule has 4 rings (SSSR count). The fraction of sp³-hybridized carbons (Fsp3) is 0.0588. The normalized spacial score (nSPS) is 12.0. The first-order chi connectivity index (χ1) is 11.5. The van der Waals surface area contributed by atoms with Gasteiger partial charge in [-0.1, -0.05) is 18.2 Å². The third-order valence-corrected chi connectivity index (χ3v) is 3.64. The maximum absolute atomic E-state index is 12.6. The highest BCUT2D eigenvalue weighted by Crippen LogP contribution is 2.31. The van der Waals surface area contributed by atoms with Crippen molar-refractivity contribution in [3.8, 4) is 23.0 Å². The first-order valence-corrected chi connectivity index (χ1v) is 7.10. The Morgan fingerprint density at radius 3 is 2.29 bits per heavy atom. The zero-order valence-electron chi connectivity index (χ0n) is 12.1. The molecule has 2 heterocycles. The predicted molar refractivity (Wildman–Crippen MR) is 82.0 cm³/mol. The Kier molecular flexibility index (Phi) is 3.16. The van der Waals surface area contributed by atoms with Crippen LogP contribution in [-0.4, -0.2) is 15.2 Å². The van der Waals surface area contributed by atoms with Crippen LogP contribution >= 0.6 is 0 Å². The molecule has 0 unspecified atom stereocenters. The van der Waals surface area contributed by atoms with E-state index in [2.05, 4.69) is 15.2 Å². The van der Waals surface area contributed by atoms with Crippen LogP contribution in [0.15, 0.2) is 59.0 Å². The highest BCUT2D eigenvalue weighted by Gasteiger charge is 2.30. The predicted octanol–water partition coefficient (Wildman–Crippen LogP) is 4.90. The van der Waals surface area contributed by atoms with Crippen molar-refractivity contribution < 1.29 is 17.6 Å². The van der Waals surface area contributed by atoms with Gasteiger partial charge in [-0.15, -0.1) is 10.2 Å². The molecule has 7 heteroatoms. The molecule has 0 spiro atoms. The topological polar surface area (TPSA) is 54.7 Å². The molecule has 1 N–H and O–H groups in total. The van der Waals surface area contributed by atoms with E-state index in [0.717, 1.165) is 23.0 Å². The van der Waals surface area contributed by atoms with E-state index in [9.17, 15) is 13.2 Å². The van der Waals surface area contributed by atoms with Gasteiger partial charge in [0.05, 0.1) is 5.56 Å². The minimum atomic E-state index is -4.37. The van der Waals surface area contributed by atoms with Crippen molar-refractivity contribution in [2.75, 3.05) is 0 Å². The molecular weight excluding hydrogens is 319 g/mol. The summed E-state index contributed by atoms with van der Waals surface area (Å²) >= 11 is 0. The van der Waals surface area contributed by atoms with Crippen LogP contribution in [0.3, 0.4) is 0 Å². The standard InChI is InChI=1S/C17H10F3N3O/c18-17(19,20)12-7-5-10(6-8-12)15-22-23-16(24-15)14-9-11-3-1-2-4-13(11)21-14/h1-9,21H. The number of halogens is 3. The first kappa shape index (κ1) is 14.5. The summed E-state index contributed by atoms with van der Waals surface area (Å²) in [5.74, 6) is 0.443. The van der Waals surface area contributed by atoms with Crippen LogP contribution in [0, 0.1) is 0 Å². The van der Waals surface area contributed by atoms with Crippen molar-refractivity contribution in [1.82, 2.24) is 15.2 Å². The summed E-state index contributed by atoms with van der Waals surface area (Å²) in [6.45, 7) is 0. The third kappa shape index (κ3) is 2.54. The Morgan fingerprint density at radius 2 is 1.58 bits per heavy atom. The molecule has 2 aromatic carbocycles. The summed E-state index contributed by atoms with van der Waals surface area (Å²) < 4.78 is 43.4. The summed E-state index contributed by atoms with van der Waals surface area (Å²) in [5.41, 5.74) is 1.29. The number of nitrogens with zero attached hydrogens (tertiary/aromatic N) is 2. The molecular formula is C17H10F3N3O. The summed E-state index contributed by atoms with van der Waals surface area (Å²) in [4.78, 5) is 3.16. The molecule has 0 atom stereocenters. The van der Waals surface area contributed by atoms with Crippen LogP contribution in [0.25, 0.3) is 33.9 Å². The van der Waals surface area contributed by atoms with Crippen LogP contribution in [0.2, 0.25) is 0 Å². The third-order valence-electron chi connectivity index (χ3n) is 3.64. The SMILES string of the molecule is FC(F)(F)c1ccc(-c2nnc(-c3cc4ccccc4[nH]3)o2)cc1. The van der Waals surface area contributed by atoms with E-state index in [1.165, 1.54) is 12.1 Å². The highest BCUT2D eigenvalue weighted by atomic mass is 19.4. The lowest BCUT2D eigenvalue weighted by molar-refractivity contribution is -0.137. The monoisotopic (exact) mass is 329 g/mol. The largest absolute Gasteiger partial charge is 0.416 e. The highest BCUT2D eigenvalue weighted by molar-refractivity contribution is 5.84. The van der Waals surface area contributed by atoms with Gasteiger partial charge in [0.25, 0.3) is 5.89 Å². The smallest absolute Gasteiger partial charge is 0.415 e. The van der Waals surface area contributed by atoms with Gasteiger partial charge in [-0.05, 0) is 36.4 Å². The van der Waals surface area contributed by atoms with Gasteiger partial charge in [-0.2, -0.15) is 13.2 Å². The molecule has 120 valence electrons. The average molecular weight is 329 g/mol. The fourth-order valence-corrected chi connectivity index (χ4v) is 2.44. The number of para-hydroxylation sites is 1. The molecule has 0 aliphatic heterocycles. The lowest BCUT2D eigenvalue weighted by Gasteiger charge is -2.05. The van der Waals surface area contributed by atoms with E-state index in [0.29, 0.717) is 11.3 Å². The second kappa shape index (κ2) is 5.23. The number of nitrogens with one attached hydrogen (secondary N) is 1. The summed E-state index contributed by atoms with van der Waals surface area (Å²) in [5, 5.41) is 8.87. The molecule has 0 radical (unpaired) electrons. The molecule has 0 saturated heterocycles. The number of rotatable bonds is 2. The molecule has 0 amide bonds. The van der Waals surface area contributed by atoms with E-state index in [-0.39, 0.29) is 11.8 Å². The van der Waals surface area contributed by atoms with E-state index < -0.39 is 11.7 Å². The van der Waals surface area contributed by atoms with Gasteiger partial charge in [0.2, 0.25) is 5.89 Å². The molecule has 0 fully saturated rings. The summed E-state index contributed by atoms with van der Waals surface area (Å²) in [6, 6.07) is 14.2. The van der Waals surface area contributed by atoms with E-state index in [1.54, 1.807) is 0 Å². The first-order valence-electron chi connectivity index (χ1n) is 7.10. The van der Waals surface area contributed by atoms with Crippen LogP contribution in [0.1, 0.15) is 5.56 Å². The fourth-order valence-electron chi connectivity index (χ4n) is 2.44. The number of hydrogen-bond acceptors (Lipinski definition) is 3. The van der Waals surface area contributed by atoms with E-state index in [4.69, 9.17) is 4.42 Å². The van der Waals surface area contributed by atoms with E-state index in [1.807, 2.05) is 30.3 Å². The molecule has 24 heavy (non-hydrogen) atoms. The number of aromatic amines is 1. The molecule has 4 nitrogen and oxygen atoms in total. The second-order valence-corrected chi connectivity index (χ2v) is 5.26. The Balaban J connectivity index is 1.67. The van der Waals surface area contributed by atoms with Gasteiger partial charge in [0.1, 0.15) is 5.69 Å². The quantitative estimate of drug-likeness (QED) is 0.569. The van der Waals surface area contributed by atoms with Crippen LogP contribution in [0.4, 0.5) is 13.2 Å². The average Bonchev–Trinajstić information content (AvgIpc) is 3.21.